The second kappa shape index (κ2) is 8.14. The highest BCUT2D eigenvalue weighted by atomic mass is 35.5. The SMILES string of the molecule is CC(C)(C)CC(C)(C)NCc1ccc(-c2ccc(Cl)cc2Cl)o1.Cl. The van der Waals surface area contributed by atoms with Crippen molar-refractivity contribution >= 4 is 35.6 Å². The van der Waals surface area contributed by atoms with E-state index < -0.39 is 0 Å². The lowest BCUT2D eigenvalue weighted by atomic mass is 9.82. The molecule has 0 bridgehead atoms. The molecule has 2 rings (SSSR count). The molecule has 0 aliphatic rings. The lowest BCUT2D eigenvalue weighted by molar-refractivity contribution is 0.236. The molecule has 0 amide bonds. The lowest BCUT2D eigenvalue weighted by Crippen LogP contribution is -2.41. The molecule has 1 heterocycles. The summed E-state index contributed by atoms with van der Waals surface area (Å²) >= 11 is 12.2. The number of furan rings is 1. The molecular formula is C19H26Cl3NO. The quantitative estimate of drug-likeness (QED) is 0.595. The van der Waals surface area contributed by atoms with Gasteiger partial charge in [-0.2, -0.15) is 0 Å². The summed E-state index contributed by atoms with van der Waals surface area (Å²) in [4.78, 5) is 0. The van der Waals surface area contributed by atoms with Crippen LogP contribution in [0.15, 0.2) is 34.7 Å². The molecule has 0 spiro atoms. The first kappa shape index (κ1) is 21.4. The molecule has 1 aromatic carbocycles. The first-order valence-corrected chi connectivity index (χ1v) is 8.61. The number of halogens is 3. The maximum absolute atomic E-state index is 6.24. The van der Waals surface area contributed by atoms with Gasteiger partial charge in [-0.15, -0.1) is 12.4 Å². The maximum atomic E-state index is 6.24. The molecule has 0 fully saturated rings. The Kier molecular flexibility index (Phi) is 7.25. The van der Waals surface area contributed by atoms with Crippen LogP contribution in [0, 0.1) is 5.41 Å². The topological polar surface area (TPSA) is 25.2 Å². The average Bonchev–Trinajstić information content (AvgIpc) is 2.82. The first-order valence-electron chi connectivity index (χ1n) is 7.85. The van der Waals surface area contributed by atoms with Crippen molar-refractivity contribution in [3.63, 3.8) is 0 Å². The molecule has 0 atom stereocenters. The highest BCUT2D eigenvalue weighted by Crippen LogP contribution is 2.32. The van der Waals surface area contributed by atoms with E-state index in [1.807, 2.05) is 24.3 Å². The van der Waals surface area contributed by atoms with Gasteiger partial charge in [0.2, 0.25) is 0 Å². The van der Waals surface area contributed by atoms with Crippen molar-refractivity contribution < 1.29 is 4.42 Å². The van der Waals surface area contributed by atoms with Crippen LogP contribution in [-0.4, -0.2) is 5.54 Å². The Bertz CT molecular complexity index is 671. The Morgan fingerprint density at radius 2 is 1.67 bits per heavy atom. The fourth-order valence-electron chi connectivity index (χ4n) is 3.02. The van der Waals surface area contributed by atoms with Gasteiger partial charge >= 0.3 is 0 Å². The number of hydrogen-bond donors (Lipinski definition) is 1. The zero-order valence-corrected chi connectivity index (χ0v) is 17.2. The molecule has 0 radical (unpaired) electrons. The van der Waals surface area contributed by atoms with Crippen LogP contribution in [0.5, 0.6) is 0 Å². The third-order valence-corrected chi connectivity index (χ3v) is 4.12. The number of hydrogen-bond acceptors (Lipinski definition) is 2. The second-order valence-corrected chi connectivity index (χ2v) is 8.71. The summed E-state index contributed by atoms with van der Waals surface area (Å²) in [5, 5.41) is 4.79. The van der Waals surface area contributed by atoms with Crippen LogP contribution in [0.2, 0.25) is 10.0 Å². The molecule has 0 saturated heterocycles. The van der Waals surface area contributed by atoms with E-state index in [0.29, 0.717) is 16.6 Å². The zero-order valence-electron chi connectivity index (χ0n) is 14.9. The maximum Gasteiger partial charge on any atom is 0.135 e. The summed E-state index contributed by atoms with van der Waals surface area (Å²) in [6.45, 7) is 11.9. The van der Waals surface area contributed by atoms with Gasteiger partial charge < -0.3 is 9.73 Å². The fraction of sp³-hybridized carbons (Fsp3) is 0.474. The van der Waals surface area contributed by atoms with Gasteiger partial charge in [0.25, 0.3) is 0 Å². The summed E-state index contributed by atoms with van der Waals surface area (Å²) in [5.41, 5.74) is 1.18. The van der Waals surface area contributed by atoms with Gasteiger partial charge in [0.05, 0.1) is 11.6 Å². The van der Waals surface area contributed by atoms with Gasteiger partial charge in [-0.1, -0.05) is 44.0 Å². The fourth-order valence-corrected chi connectivity index (χ4v) is 3.52. The standard InChI is InChI=1S/C19H25Cl2NO.ClH/c1-18(2,3)12-19(4,5)22-11-14-7-9-17(23-14)15-8-6-13(20)10-16(15)21;/h6-10,22H,11-12H2,1-5H3;1H. The Morgan fingerprint density at radius 1 is 1.00 bits per heavy atom. The van der Waals surface area contributed by atoms with E-state index in [9.17, 15) is 0 Å². The van der Waals surface area contributed by atoms with Crippen LogP contribution in [-0.2, 0) is 6.54 Å². The van der Waals surface area contributed by atoms with Crippen molar-refractivity contribution in [2.45, 2.75) is 53.1 Å². The van der Waals surface area contributed by atoms with Gasteiger partial charge in [-0.25, -0.2) is 0 Å². The zero-order chi connectivity index (χ0) is 17.3. The van der Waals surface area contributed by atoms with E-state index in [0.717, 1.165) is 23.5 Å². The van der Waals surface area contributed by atoms with E-state index in [2.05, 4.69) is 39.9 Å². The molecule has 134 valence electrons. The van der Waals surface area contributed by atoms with Crippen molar-refractivity contribution in [1.29, 1.82) is 0 Å². The van der Waals surface area contributed by atoms with E-state index >= 15 is 0 Å². The van der Waals surface area contributed by atoms with Crippen molar-refractivity contribution in [3.8, 4) is 11.3 Å². The van der Waals surface area contributed by atoms with Gasteiger partial charge in [0, 0.05) is 16.1 Å². The molecular weight excluding hydrogens is 365 g/mol. The van der Waals surface area contributed by atoms with Gasteiger partial charge in [-0.3, -0.25) is 0 Å². The largest absolute Gasteiger partial charge is 0.460 e. The van der Waals surface area contributed by atoms with E-state index in [1.165, 1.54) is 0 Å². The van der Waals surface area contributed by atoms with Crippen molar-refractivity contribution in [2.24, 2.45) is 5.41 Å². The Hall–Kier alpha value is -0.670. The number of nitrogens with one attached hydrogen (secondary N) is 1. The summed E-state index contributed by atoms with van der Waals surface area (Å²) in [6.07, 6.45) is 1.08. The van der Waals surface area contributed by atoms with Crippen LogP contribution in [0.1, 0.15) is 46.8 Å². The number of benzene rings is 1. The van der Waals surface area contributed by atoms with Crippen LogP contribution >= 0.6 is 35.6 Å². The van der Waals surface area contributed by atoms with Gasteiger partial charge in [0.1, 0.15) is 11.5 Å². The van der Waals surface area contributed by atoms with Crippen LogP contribution < -0.4 is 5.32 Å². The predicted octanol–water partition coefficient (Wildman–Crippen LogP) is 6.98. The molecule has 1 N–H and O–H groups in total. The minimum atomic E-state index is 0. The third kappa shape index (κ3) is 6.33. The summed E-state index contributed by atoms with van der Waals surface area (Å²) in [5.74, 6) is 1.66. The third-order valence-electron chi connectivity index (χ3n) is 3.57. The summed E-state index contributed by atoms with van der Waals surface area (Å²) in [6, 6.07) is 9.36. The molecule has 24 heavy (non-hydrogen) atoms. The van der Waals surface area contributed by atoms with E-state index in [-0.39, 0.29) is 23.4 Å². The van der Waals surface area contributed by atoms with Crippen LogP contribution in [0.4, 0.5) is 0 Å². The Labute approximate surface area is 161 Å². The van der Waals surface area contributed by atoms with Gasteiger partial charge in [0.15, 0.2) is 0 Å². The Morgan fingerprint density at radius 3 is 2.25 bits per heavy atom. The van der Waals surface area contributed by atoms with E-state index in [4.69, 9.17) is 27.6 Å². The molecule has 0 aliphatic carbocycles. The molecule has 1 aromatic heterocycles. The monoisotopic (exact) mass is 389 g/mol. The predicted molar refractivity (Wildman–Crippen MR) is 106 cm³/mol. The molecule has 0 aliphatic heterocycles. The van der Waals surface area contributed by atoms with E-state index in [1.54, 1.807) is 6.07 Å². The van der Waals surface area contributed by atoms with Crippen molar-refractivity contribution in [3.05, 3.63) is 46.1 Å². The Balaban J connectivity index is 0.00000288. The van der Waals surface area contributed by atoms with Crippen molar-refractivity contribution in [2.75, 3.05) is 0 Å². The normalized spacial score (nSPS) is 12.1. The molecule has 0 unspecified atom stereocenters. The van der Waals surface area contributed by atoms with Crippen LogP contribution in [0.25, 0.3) is 11.3 Å². The molecule has 5 heteroatoms. The molecule has 0 saturated carbocycles. The molecule has 2 nitrogen and oxygen atoms in total. The minimum absolute atomic E-state index is 0. The van der Waals surface area contributed by atoms with Gasteiger partial charge in [-0.05, 0) is 56.0 Å². The van der Waals surface area contributed by atoms with Crippen LogP contribution in [0.3, 0.4) is 0 Å². The smallest absolute Gasteiger partial charge is 0.135 e. The second-order valence-electron chi connectivity index (χ2n) is 7.87. The average molecular weight is 391 g/mol. The summed E-state index contributed by atoms with van der Waals surface area (Å²) in [7, 11) is 0. The highest BCUT2D eigenvalue weighted by Gasteiger charge is 2.25. The number of rotatable bonds is 5. The highest BCUT2D eigenvalue weighted by molar-refractivity contribution is 6.36. The lowest BCUT2D eigenvalue weighted by Gasteiger charge is -2.33. The van der Waals surface area contributed by atoms with Crippen molar-refractivity contribution in [1.82, 2.24) is 5.32 Å². The minimum Gasteiger partial charge on any atom is -0.460 e. The molecule has 2 aromatic rings. The summed E-state index contributed by atoms with van der Waals surface area (Å²) < 4.78 is 5.93. The first-order chi connectivity index (χ1) is 10.6.